The highest BCUT2D eigenvalue weighted by molar-refractivity contribution is 5.47. The summed E-state index contributed by atoms with van der Waals surface area (Å²) < 4.78 is 0. The first-order valence-corrected chi connectivity index (χ1v) is 4.67. The van der Waals surface area contributed by atoms with E-state index in [-0.39, 0.29) is 16.7 Å². The fourth-order valence-electron chi connectivity index (χ4n) is 1.81. The summed E-state index contributed by atoms with van der Waals surface area (Å²) in [5, 5.41) is 14.0. The van der Waals surface area contributed by atoms with Crippen LogP contribution in [0.1, 0.15) is 23.6 Å². The second-order valence-corrected chi connectivity index (χ2v) is 3.56. The topological polar surface area (TPSA) is 55.2 Å². The largest absolute Gasteiger partial charge is 0.310 e. The molecule has 1 aliphatic heterocycles. The van der Waals surface area contributed by atoms with Crippen LogP contribution >= 0.6 is 0 Å². The molecule has 0 radical (unpaired) electrons. The molecule has 74 valence electrons. The van der Waals surface area contributed by atoms with Gasteiger partial charge in [-0.3, -0.25) is 10.1 Å². The molecule has 0 bridgehead atoms. The van der Waals surface area contributed by atoms with Crippen molar-refractivity contribution in [2.45, 2.75) is 19.4 Å². The Morgan fingerprint density at radius 2 is 2.29 bits per heavy atom. The molecule has 0 aliphatic carbocycles. The Kier molecular flexibility index (Phi) is 2.21. The van der Waals surface area contributed by atoms with Crippen molar-refractivity contribution >= 4 is 5.69 Å². The number of rotatable bonds is 2. The monoisotopic (exact) mass is 192 g/mol. The third-order valence-corrected chi connectivity index (χ3v) is 2.67. The van der Waals surface area contributed by atoms with Crippen molar-refractivity contribution < 1.29 is 4.92 Å². The van der Waals surface area contributed by atoms with Crippen LogP contribution in [-0.2, 0) is 0 Å². The maximum Gasteiger partial charge on any atom is 0.274 e. The molecule has 0 aromatic heterocycles. The summed E-state index contributed by atoms with van der Waals surface area (Å²) in [7, 11) is 0. The van der Waals surface area contributed by atoms with E-state index >= 15 is 0 Å². The van der Waals surface area contributed by atoms with Gasteiger partial charge in [-0.25, -0.2) is 0 Å². The van der Waals surface area contributed by atoms with E-state index in [4.69, 9.17) is 0 Å². The van der Waals surface area contributed by atoms with Gasteiger partial charge >= 0.3 is 0 Å². The van der Waals surface area contributed by atoms with E-state index < -0.39 is 0 Å². The van der Waals surface area contributed by atoms with E-state index in [1.165, 1.54) is 0 Å². The van der Waals surface area contributed by atoms with E-state index in [9.17, 15) is 10.1 Å². The van der Waals surface area contributed by atoms with Crippen LogP contribution in [0, 0.1) is 17.0 Å². The quantitative estimate of drug-likeness (QED) is 0.575. The van der Waals surface area contributed by atoms with Gasteiger partial charge in [-0.2, -0.15) is 0 Å². The molecule has 1 aromatic carbocycles. The lowest BCUT2D eigenvalue weighted by Crippen LogP contribution is -2.35. The molecule has 1 aromatic rings. The number of hydrogen-bond donors (Lipinski definition) is 1. The van der Waals surface area contributed by atoms with Gasteiger partial charge in [0, 0.05) is 17.7 Å². The van der Waals surface area contributed by atoms with Crippen molar-refractivity contribution in [1.29, 1.82) is 0 Å². The van der Waals surface area contributed by atoms with Gasteiger partial charge in [0.1, 0.15) is 0 Å². The Bertz CT molecular complexity index is 372. The molecule has 4 nitrogen and oxygen atoms in total. The minimum atomic E-state index is -0.303. The Hall–Kier alpha value is -1.42. The van der Waals surface area contributed by atoms with Crippen LogP contribution < -0.4 is 5.32 Å². The van der Waals surface area contributed by atoms with Crippen LogP contribution in [0.15, 0.2) is 18.2 Å². The van der Waals surface area contributed by atoms with Crippen molar-refractivity contribution in [1.82, 2.24) is 5.32 Å². The first kappa shape index (κ1) is 9.15. The van der Waals surface area contributed by atoms with Crippen molar-refractivity contribution in [2.75, 3.05) is 6.54 Å². The molecule has 0 spiro atoms. The maximum atomic E-state index is 10.8. The summed E-state index contributed by atoms with van der Waals surface area (Å²) in [6.07, 6.45) is 0.992. The number of hydrogen-bond acceptors (Lipinski definition) is 3. The van der Waals surface area contributed by atoms with E-state index in [1.807, 2.05) is 13.0 Å². The summed E-state index contributed by atoms with van der Waals surface area (Å²) in [6.45, 7) is 2.87. The van der Waals surface area contributed by atoms with Gasteiger partial charge in [-0.1, -0.05) is 12.1 Å². The zero-order valence-electron chi connectivity index (χ0n) is 7.99. The third kappa shape index (κ3) is 1.37. The molecule has 1 N–H and O–H groups in total. The lowest BCUT2D eigenvalue weighted by Gasteiger charge is -2.28. The average Bonchev–Trinajstić information content (AvgIpc) is 2.04. The molecule has 14 heavy (non-hydrogen) atoms. The zero-order chi connectivity index (χ0) is 10.1. The second kappa shape index (κ2) is 3.38. The van der Waals surface area contributed by atoms with Gasteiger partial charge in [0.2, 0.25) is 0 Å². The number of benzene rings is 1. The Morgan fingerprint density at radius 1 is 1.57 bits per heavy atom. The van der Waals surface area contributed by atoms with Crippen molar-refractivity contribution in [2.24, 2.45) is 0 Å². The molecule has 0 saturated carbocycles. The summed E-state index contributed by atoms with van der Waals surface area (Å²) >= 11 is 0. The van der Waals surface area contributed by atoms with Crippen molar-refractivity contribution in [3.05, 3.63) is 39.4 Å². The minimum Gasteiger partial charge on any atom is -0.310 e. The van der Waals surface area contributed by atoms with Crippen LogP contribution in [0.4, 0.5) is 5.69 Å². The molecule has 1 heterocycles. The summed E-state index contributed by atoms with van der Waals surface area (Å²) in [5.41, 5.74) is 2.09. The standard InChI is InChI=1S/C10H12N2O2/c1-7-3-2-4-9(12(13)14)10(7)8-5-6-11-8/h2-4,8,11H,5-6H2,1H3. The molecule has 2 rings (SSSR count). The fourth-order valence-corrected chi connectivity index (χ4v) is 1.81. The lowest BCUT2D eigenvalue weighted by atomic mass is 9.92. The summed E-state index contributed by atoms with van der Waals surface area (Å²) in [5.74, 6) is 0. The second-order valence-electron chi connectivity index (χ2n) is 3.56. The van der Waals surface area contributed by atoms with Crippen molar-refractivity contribution in [3.63, 3.8) is 0 Å². The number of nitrogens with one attached hydrogen (secondary N) is 1. The van der Waals surface area contributed by atoms with Gasteiger partial charge < -0.3 is 5.32 Å². The highest BCUT2D eigenvalue weighted by Gasteiger charge is 2.27. The van der Waals surface area contributed by atoms with Crippen LogP contribution in [0.25, 0.3) is 0 Å². The molecule has 1 unspecified atom stereocenters. The van der Waals surface area contributed by atoms with Crippen LogP contribution in [0.5, 0.6) is 0 Å². The maximum absolute atomic E-state index is 10.8. The first-order chi connectivity index (χ1) is 6.70. The summed E-state index contributed by atoms with van der Waals surface area (Å²) in [4.78, 5) is 10.5. The van der Waals surface area contributed by atoms with E-state index in [0.29, 0.717) is 0 Å². The van der Waals surface area contributed by atoms with Crippen LogP contribution in [0.3, 0.4) is 0 Å². The first-order valence-electron chi connectivity index (χ1n) is 4.67. The number of aryl methyl sites for hydroxylation is 1. The Balaban J connectivity index is 2.47. The zero-order valence-corrected chi connectivity index (χ0v) is 7.99. The van der Waals surface area contributed by atoms with Gasteiger partial charge in [0.15, 0.2) is 0 Å². The highest BCUT2D eigenvalue weighted by atomic mass is 16.6. The van der Waals surface area contributed by atoms with Gasteiger partial charge in [-0.05, 0) is 25.5 Å². The fraction of sp³-hybridized carbons (Fsp3) is 0.400. The number of nitro benzene ring substituents is 1. The summed E-state index contributed by atoms with van der Waals surface area (Å²) in [6, 6.07) is 5.40. The minimum absolute atomic E-state index is 0.177. The molecule has 1 atom stereocenters. The van der Waals surface area contributed by atoms with Crippen LogP contribution in [0.2, 0.25) is 0 Å². The molecule has 0 amide bonds. The predicted molar refractivity (Wildman–Crippen MR) is 53.2 cm³/mol. The lowest BCUT2D eigenvalue weighted by molar-refractivity contribution is -0.386. The van der Waals surface area contributed by atoms with Gasteiger partial charge in [0.25, 0.3) is 5.69 Å². The number of nitrogens with zero attached hydrogens (tertiary/aromatic N) is 1. The molecular formula is C10H12N2O2. The normalized spacial score (nSPS) is 20.2. The smallest absolute Gasteiger partial charge is 0.274 e. The molecule has 4 heteroatoms. The SMILES string of the molecule is Cc1cccc([N+](=O)[O-])c1C1CCN1. The molecular weight excluding hydrogens is 180 g/mol. The van der Waals surface area contributed by atoms with Gasteiger partial charge in [-0.15, -0.1) is 0 Å². The van der Waals surface area contributed by atoms with E-state index in [1.54, 1.807) is 12.1 Å². The average molecular weight is 192 g/mol. The number of nitro groups is 1. The van der Waals surface area contributed by atoms with Crippen LogP contribution in [-0.4, -0.2) is 11.5 Å². The van der Waals surface area contributed by atoms with Crippen molar-refractivity contribution in [3.8, 4) is 0 Å². The molecule has 1 saturated heterocycles. The predicted octanol–water partition coefficient (Wildman–Crippen LogP) is 1.94. The Labute approximate surface area is 82.1 Å². The third-order valence-electron chi connectivity index (χ3n) is 2.67. The highest BCUT2D eigenvalue weighted by Crippen LogP contribution is 2.33. The van der Waals surface area contributed by atoms with E-state index in [2.05, 4.69) is 5.32 Å². The van der Waals surface area contributed by atoms with Gasteiger partial charge in [0.05, 0.1) is 4.92 Å². The molecule has 1 fully saturated rings. The van der Waals surface area contributed by atoms with E-state index in [0.717, 1.165) is 24.1 Å². The Morgan fingerprint density at radius 3 is 2.79 bits per heavy atom. The molecule has 1 aliphatic rings.